The Bertz CT molecular complexity index is 944. The van der Waals surface area contributed by atoms with Crippen LogP contribution >= 0.6 is 23.8 Å². The van der Waals surface area contributed by atoms with Gasteiger partial charge in [-0.05, 0) is 49.0 Å². The van der Waals surface area contributed by atoms with Crippen molar-refractivity contribution in [3.05, 3.63) is 64.3 Å². The van der Waals surface area contributed by atoms with Crippen LogP contribution in [0.2, 0.25) is 5.02 Å². The summed E-state index contributed by atoms with van der Waals surface area (Å²) in [5.41, 5.74) is 2.61. The van der Waals surface area contributed by atoms with E-state index in [1.165, 1.54) is 7.11 Å². The molecule has 0 saturated carbocycles. The molecule has 0 radical (unpaired) electrons. The second-order valence-corrected chi connectivity index (χ2v) is 6.99. The molecule has 3 N–H and O–H groups in total. The molecule has 6 nitrogen and oxygen atoms in total. The summed E-state index contributed by atoms with van der Waals surface area (Å²) in [6.45, 7) is 1.82. The molecule has 1 aliphatic heterocycles. The predicted molar refractivity (Wildman–Crippen MR) is 114 cm³/mol. The van der Waals surface area contributed by atoms with Crippen LogP contribution in [0.5, 0.6) is 11.5 Å². The second kappa shape index (κ2) is 8.50. The van der Waals surface area contributed by atoms with Crippen molar-refractivity contribution >= 4 is 40.5 Å². The quantitative estimate of drug-likeness (QED) is 0.643. The zero-order valence-electron chi connectivity index (χ0n) is 15.6. The van der Waals surface area contributed by atoms with Crippen LogP contribution < -0.4 is 25.4 Å². The van der Waals surface area contributed by atoms with E-state index >= 15 is 0 Å². The number of amides is 1. The van der Waals surface area contributed by atoms with Gasteiger partial charge in [0.05, 0.1) is 31.5 Å². The molecule has 2 aromatic rings. The van der Waals surface area contributed by atoms with Crippen LogP contribution in [0.25, 0.3) is 0 Å². The maximum absolute atomic E-state index is 13.2. The summed E-state index contributed by atoms with van der Waals surface area (Å²) in [6, 6.07) is 12.1. The highest BCUT2D eigenvalue weighted by Gasteiger charge is 2.30. The van der Waals surface area contributed by atoms with Crippen LogP contribution in [0, 0.1) is 0 Å². The summed E-state index contributed by atoms with van der Waals surface area (Å²) in [6.07, 6.45) is 0. The molecule has 0 spiro atoms. The van der Waals surface area contributed by atoms with Crippen molar-refractivity contribution in [1.82, 2.24) is 10.6 Å². The third-order valence-corrected chi connectivity index (χ3v) is 4.85. The van der Waals surface area contributed by atoms with Crippen molar-refractivity contribution in [2.45, 2.75) is 13.0 Å². The summed E-state index contributed by atoms with van der Waals surface area (Å²) >= 11 is 11.3. The molecule has 8 heteroatoms. The normalized spacial score (nSPS) is 16.1. The number of nitrogens with one attached hydrogen (secondary N) is 3. The van der Waals surface area contributed by atoms with E-state index in [1.807, 2.05) is 19.1 Å². The van der Waals surface area contributed by atoms with E-state index in [0.29, 0.717) is 38.6 Å². The fraction of sp³-hybridized carbons (Fsp3) is 0.200. The van der Waals surface area contributed by atoms with Gasteiger partial charge in [-0.1, -0.05) is 23.7 Å². The number of thiocarbonyl (C=S) groups is 1. The molecule has 28 heavy (non-hydrogen) atoms. The van der Waals surface area contributed by atoms with Crippen molar-refractivity contribution in [2.75, 3.05) is 19.5 Å². The zero-order valence-corrected chi connectivity index (χ0v) is 17.2. The molecule has 1 atom stereocenters. The lowest BCUT2D eigenvalue weighted by Crippen LogP contribution is -2.45. The first kappa shape index (κ1) is 20.0. The van der Waals surface area contributed by atoms with Crippen LogP contribution in [-0.2, 0) is 4.79 Å². The summed E-state index contributed by atoms with van der Waals surface area (Å²) in [4.78, 5) is 13.2. The number of allylic oxidation sites excluding steroid dienone is 1. The average Bonchev–Trinajstić information content (AvgIpc) is 2.68. The number of anilines is 1. The van der Waals surface area contributed by atoms with Crippen molar-refractivity contribution in [3.63, 3.8) is 0 Å². The first-order chi connectivity index (χ1) is 13.4. The van der Waals surface area contributed by atoms with Gasteiger partial charge in [-0.3, -0.25) is 4.79 Å². The number of rotatable bonds is 5. The molecular formula is C20H20ClN3O3S. The Morgan fingerprint density at radius 2 is 1.86 bits per heavy atom. The van der Waals surface area contributed by atoms with Gasteiger partial charge in [0.25, 0.3) is 5.91 Å². The van der Waals surface area contributed by atoms with Gasteiger partial charge in [0, 0.05) is 16.8 Å². The minimum absolute atomic E-state index is 0.275. The van der Waals surface area contributed by atoms with Crippen LogP contribution in [-0.4, -0.2) is 25.2 Å². The lowest BCUT2D eigenvalue weighted by molar-refractivity contribution is -0.113. The van der Waals surface area contributed by atoms with Gasteiger partial charge in [0.15, 0.2) is 5.11 Å². The fourth-order valence-electron chi connectivity index (χ4n) is 2.99. The highest BCUT2D eigenvalue weighted by molar-refractivity contribution is 7.80. The Balaban J connectivity index is 1.94. The van der Waals surface area contributed by atoms with E-state index < -0.39 is 6.04 Å². The number of ether oxygens (including phenoxy) is 2. The Morgan fingerprint density at radius 3 is 2.50 bits per heavy atom. The summed E-state index contributed by atoms with van der Waals surface area (Å²) in [5.74, 6) is 0.861. The number of hydrogen-bond acceptors (Lipinski definition) is 4. The van der Waals surface area contributed by atoms with Crippen molar-refractivity contribution < 1.29 is 14.3 Å². The predicted octanol–water partition coefficient (Wildman–Crippen LogP) is 3.79. The van der Waals surface area contributed by atoms with E-state index in [2.05, 4.69) is 16.0 Å². The number of methoxy groups -OCH3 is 2. The molecular weight excluding hydrogens is 398 g/mol. The van der Waals surface area contributed by atoms with Crippen molar-refractivity contribution in [2.24, 2.45) is 0 Å². The van der Waals surface area contributed by atoms with Gasteiger partial charge in [-0.2, -0.15) is 0 Å². The van der Waals surface area contributed by atoms with Crippen LogP contribution in [0.1, 0.15) is 18.5 Å². The Kier molecular flexibility index (Phi) is 6.06. The van der Waals surface area contributed by atoms with E-state index in [0.717, 1.165) is 5.56 Å². The molecule has 0 aromatic heterocycles. The molecule has 0 fully saturated rings. The topological polar surface area (TPSA) is 71.6 Å². The highest BCUT2D eigenvalue weighted by Crippen LogP contribution is 2.32. The molecule has 1 heterocycles. The SMILES string of the molecule is COc1ccc(NC(=O)C2=C(C)NC(=S)N[C@@H]2c2ccc(Cl)cc2)c(OC)c1. The van der Waals surface area contributed by atoms with Gasteiger partial charge < -0.3 is 25.4 Å². The van der Waals surface area contributed by atoms with Crippen LogP contribution in [0.15, 0.2) is 53.7 Å². The number of carbonyl (C=O) groups excluding carboxylic acids is 1. The van der Waals surface area contributed by atoms with E-state index in [1.54, 1.807) is 37.4 Å². The second-order valence-electron chi connectivity index (χ2n) is 6.14. The molecule has 146 valence electrons. The summed E-state index contributed by atoms with van der Waals surface area (Å²) in [5, 5.41) is 10.2. The first-order valence-electron chi connectivity index (χ1n) is 8.50. The standard InChI is InChI=1S/C20H20ClN3O3S/c1-11-17(18(24-20(28)22-11)12-4-6-13(21)7-5-12)19(25)23-15-9-8-14(26-2)10-16(15)27-3/h4-10,18H,1-3H3,(H,23,25)(H2,22,24,28)/t18-/m1/s1. The van der Waals surface area contributed by atoms with E-state index in [-0.39, 0.29) is 5.91 Å². The van der Waals surface area contributed by atoms with Crippen LogP contribution in [0.4, 0.5) is 5.69 Å². The number of halogens is 1. The minimum Gasteiger partial charge on any atom is -0.497 e. The molecule has 3 rings (SSSR count). The lowest BCUT2D eigenvalue weighted by Gasteiger charge is -2.30. The number of benzene rings is 2. The average molecular weight is 418 g/mol. The van der Waals surface area contributed by atoms with Gasteiger partial charge in [0.1, 0.15) is 11.5 Å². The Morgan fingerprint density at radius 1 is 1.14 bits per heavy atom. The largest absolute Gasteiger partial charge is 0.497 e. The summed E-state index contributed by atoms with van der Waals surface area (Å²) < 4.78 is 10.6. The monoisotopic (exact) mass is 417 g/mol. The van der Waals surface area contributed by atoms with Crippen molar-refractivity contribution in [1.29, 1.82) is 0 Å². The molecule has 0 saturated heterocycles. The molecule has 0 aliphatic carbocycles. The molecule has 0 unspecified atom stereocenters. The molecule has 1 aliphatic rings. The molecule has 0 bridgehead atoms. The van der Waals surface area contributed by atoms with Gasteiger partial charge >= 0.3 is 0 Å². The maximum Gasteiger partial charge on any atom is 0.255 e. The summed E-state index contributed by atoms with van der Waals surface area (Å²) in [7, 11) is 3.10. The minimum atomic E-state index is -0.407. The number of carbonyl (C=O) groups is 1. The third-order valence-electron chi connectivity index (χ3n) is 4.37. The van der Waals surface area contributed by atoms with E-state index in [4.69, 9.17) is 33.3 Å². The van der Waals surface area contributed by atoms with Gasteiger partial charge in [-0.15, -0.1) is 0 Å². The third kappa shape index (κ3) is 4.21. The van der Waals surface area contributed by atoms with Gasteiger partial charge in [-0.25, -0.2) is 0 Å². The van der Waals surface area contributed by atoms with E-state index in [9.17, 15) is 4.79 Å². The molecule has 2 aromatic carbocycles. The Labute approximate surface area is 173 Å². The maximum atomic E-state index is 13.2. The molecule has 1 amide bonds. The smallest absolute Gasteiger partial charge is 0.255 e. The number of hydrogen-bond donors (Lipinski definition) is 3. The first-order valence-corrected chi connectivity index (χ1v) is 9.28. The zero-order chi connectivity index (χ0) is 20.3. The lowest BCUT2D eigenvalue weighted by atomic mass is 9.95. The van der Waals surface area contributed by atoms with Crippen LogP contribution in [0.3, 0.4) is 0 Å². The fourth-order valence-corrected chi connectivity index (χ4v) is 3.39. The van der Waals surface area contributed by atoms with Gasteiger partial charge in [0.2, 0.25) is 0 Å². The Hall–Kier alpha value is -2.77. The highest BCUT2D eigenvalue weighted by atomic mass is 35.5. The van der Waals surface area contributed by atoms with Crippen molar-refractivity contribution in [3.8, 4) is 11.5 Å².